The lowest BCUT2D eigenvalue weighted by atomic mass is 10.2. The SMILES string of the molecule is CC(O)C(N)=O.Cc1ccc(S(=O)(=O)OCc2ccccc2)cc1. The molecule has 0 fully saturated rings. The van der Waals surface area contributed by atoms with Crippen molar-refractivity contribution in [3.63, 3.8) is 0 Å². The molecule has 0 aromatic heterocycles. The molecule has 1 unspecified atom stereocenters. The molecule has 24 heavy (non-hydrogen) atoms. The molecule has 2 aromatic rings. The quantitative estimate of drug-likeness (QED) is 0.798. The fourth-order valence-corrected chi connectivity index (χ4v) is 2.39. The van der Waals surface area contributed by atoms with Crippen LogP contribution < -0.4 is 5.73 Å². The molecule has 0 saturated heterocycles. The van der Waals surface area contributed by atoms with Crippen LogP contribution in [0, 0.1) is 6.92 Å². The van der Waals surface area contributed by atoms with E-state index in [0.29, 0.717) is 0 Å². The van der Waals surface area contributed by atoms with E-state index in [2.05, 4.69) is 5.73 Å². The lowest BCUT2D eigenvalue weighted by Gasteiger charge is -2.06. The summed E-state index contributed by atoms with van der Waals surface area (Å²) in [7, 11) is -3.68. The number of hydrogen-bond acceptors (Lipinski definition) is 5. The third-order valence-electron chi connectivity index (χ3n) is 2.94. The summed E-state index contributed by atoms with van der Waals surface area (Å²) >= 11 is 0. The molecular formula is C17H21NO5S. The summed E-state index contributed by atoms with van der Waals surface area (Å²) < 4.78 is 28.8. The van der Waals surface area contributed by atoms with Gasteiger partial charge in [-0.25, -0.2) is 0 Å². The molecule has 130 valence electrons. The number of carbonyl (C=O) groups is 1. The van der Waals surface area contributed by atoms with Crippen molar-refractivity contribution < 1.29 is 22.5 Å². The van der Waals surface area contributed by atoms with Crippen LogP contribution in [0.1, 0.15) is 18.1 Å². The first-order valence-corrected chi connectivity index (χ1v) is 8.60. The third-order valence-corrected chi connectivity index (χ3v) is 4.22. The Balaban J connectivity index is 0.000000413. The third kappa shape index (κ3) is 6.91. The van der Waals surface area contributed by atoms with Crippen molar-refractivity contribution in [2.75, 3.05) is 0 Å². The minimum atomic E-state index is -3.68. The van der Waals surface area contributed by atoms with Crippen LogP contribution in [0.4, 0.5) is 0 Å². The molecule has 0 radical (unpaired) electrons. The van der Waals surface area contributed by atoms with Crippen molar-refractivity contribution in [1.29, 1.82) is 0 Å². The second-order valence-corrected chi connectivity index (χ2v) is 6.71. The molecule has 0 aliphatic heterocycles. The van der Waals surface area contributed by atoms with Crippen LogP contribution in [0.3, 0.4) is 0 Å². The Morgan fingerprint density at radius 3 is 2.08 bits per heavy atom. The topological polar surface area (TPSA) is 107 Å². The maximum atomic E-state index is 11.9. The lowest BCUT2D eigenvalue weighted by Crippen LogP contribution is -2.24. The van der Waals surface area contributed by atoms with E-state index < -0.39 is 22.1 Å². The molecule has 0 aliphatic carbocycles. The molecule has 0 saturated carbocycles. The molecule has 0 heterocycles. The van der Waals surface area contributed by atoms with Crippen LogP contribution >= 0.6 is 0 Å². The van der Waals surface area contributed by atoms with E-state index in [1.807, 2.05) is 37.3 Å². The Morgan fingerprint density at radius 2 is 1.62 bits per heavy atom. The van der Waals surface area contributed by atoms with Gasteiger partial charge in [0.15, 0.2) is 0 Å². The highest BCUT2D eigenvalue weighted by atomic mass is 32.2. The van der Waals surface area contributed by atoms with Crippen LogP contribution in [0.25, 0.3) is 0 Å². The van der Waals surface area contributed by atoms with Crippen LogP contribution in [0.15, 0.2) is 59.5 Å². The number of hydrogen-bond donors (Lipinski definition) is 2. The minimum absolute atomic E-state index is 0.0526. The predicted molar refractivity (Wildman–Crippen MR) is 90.5 cm³/mol. The molecule has 0 spiro atoms. The van der Waals surface area contributed by atoms with Crippen molar-refractivity contribution in [1.82, 2.24) is 0 Å². The molecule has 2 rings (SSSR count). The van der Waals surface area contributed by atoms with Crippen LogP contribution in [-0.2, 0) is 25.7 Å². The fourth-order valence-electron chi connectivity index (χ4n) is 1.49. The zero-order valence-electron chi connectivity index (χ0n) is 13.5. The summed E-state index contributed by atoms with van der Waals surface area (Å²) in [6, 6.07) is 15.8. The smallest absolute Gasteiger partial charge is 0.297 e. The number of rotatable bonds is 5. The Labute approximate surface area is 142 Å². The first-order valence-electron chi connectivity index (χ1n) is 7.20. The van der Waals surface area contributed by atoms with Gasteiger partial charge in [0, 0.05) is 0 Å². The van der Waals surface area contributed by atoms with Gasteiger partial charge in [-0.2, -0.15) is 8.42 Å². The average Bonchev–Trinajstić information content (AvgIpc) is 2.55. The Kier molecular flexibility index (Phi) is 7.57. The van der Waals surface area contributed by atoms with E-state index >= 15 is 0 Å². The number of aryl methyl sites for hydroxylation is 1. The second-order valence-electron chi connectivity index (χ2n) is 5.09. The van der Waals surface area contributed by atoms with Gasteiger partial charge in [0.25, 0.3) is 10.1 Å². The van der Waals surface area contributed by atoms with E-state index in [4.69, 9.17) is 9.29 Å². The molecule has 1 atom stereocenters. The number of primary amides is 1. The number of amides is 1. The van der Waals surface area contributed by atoms with Crippen LogP contribution in [-0.4, -0.2) is 25.5 Å². The summed E-state index contributed by atoms with van der Waals surface area (Å²) in [6.07, 6.45) is -1.01. The lowest BCUT2D eigenvalue weighted by molar-refractivity contribution is -0.125. The van der Waals surface area contributed by atoms with Gasteiger partial charge in [-0.1, -0.05) is 48.0 Å². The maximum Gasteiger partial charge on any atom is 0.297 e. The Bertz CT molecular complexity index is 740. The highest BCUT2D eigenvalue weighted by molar-refractivity contribution is 7.86. The van der Waals surface area contributed by atoms with E-state index in [1.165, 1.54) is 6.92 Å². The maximum absolute atomic E-state index is 11.9. The van der Waals surface area contributed by atoms with E-state index in [1.54, 1.807) is 24.3 Å². The van der Waals surface area contributed by atoms with Crippen LogP contribution in [0.2, 0.25) is 0 Å². The van der Waals surface area contributed by atoms with Crippen molar-refractivity contribution in [3.8, 4) is 0 Å². The standard InChI is InChI=1S/C14H14O3S.C3H7NO2/c1-12-7-9-14(10-8-12)18(15,16)17-11-13-5-3-2-4-6-13;1-2(5)3(4)6/h2-10H,11H2,1H3;2,5H,1H3,(H2,4,6). The first-order chi connectivity index (χ1) is 11.2. The number of aliphatic hydroxyl groups is 1. The summed E-state index contributed by atoms with van der Waals surface area (Å²) in [4.78, 5) is 9.86. The molecule has 6 nitrogen and oxygen atoms in total. The average molecular weight is 351 g/mol. The monoisotopic (exact) mass is 351 g/mol. The van der Waals surface area contributed by atoms with Crippen molar-refractivity contribution in [2.24, 2.45) is 5.73 Å². The first kappa shape index (κ1) is 19.8. The van der Waals surface area contributed by atoms with Crippen LogP contribution in [0.5, 0.6) is 0 Å². The fraction of sp³-hybridized carbons (Fsp3) is 0.235. The molecule has 0 bridgehead atoms. The summed E-state index contributed by atoms with van der Waals surface area (Å²) in [5.74, 6) is -0.685. The van der Waals surface area contributed by atoms with Gasteiger partial charge in [-0.05, 0) is 31.5 Å². The largest absolute Gasteiger partial charge is 0.384 e. The second kappa shape index (κ2) is 9.17. The van der Waals surface area contributed by atoms with Crippen molar-refractivity contribution in [2.45, 2.75) is 31.5 Å². The van der Waals surface area contributed by atoms with Gasteiger partial charge in [0.1, 0.15) is 6.10 Å². The van der Waals surface area contributed by atoms with Crippen molar-refractivity contribution in [3.05, 3.63) is 65.7 Å². The van der Waals surface area contributed by atoms with Gasteiger partial charge in [0.05, 0.1) is 11.5 Å². The molecule has 2 aromatic carbocycles. The van der Waals surface area contributed by atoms with E-state index in [-0.39, 0.29) is 11.5 Å². The summed E-state index contributed by atoms with van der Waals surface area (Å²) in [5, 5.41) is 8.16. The minimum Gasteiger partial charge on any atom is -0.384 e. The number of nitrogens with two attached hydrogens (primary N) is 1. The van der Waals surface area contributed by atoms with E-state index in [0.717, 1.165) is 11.1 Å². The zero-order valence-corrected chi connectivity index (χ0v) is 14.4. The highest BCUT2D eigenvalue weighted by Gasteiger charge is 2.14. The normalized spacial score (nSPS) is 12.0. The van der Waals surface area contributed by atoms with Gasteiger partial charge >= 0.3 is 0 Å². The number of aliphatic hydroxyl groups excluding tert-OH is 1. The van der Waals surface area contributed by atoms with Gasteiger partial charge in [0.2, 0.25) is 5.91 Å². The molecule has 1 amide bonds. The molecule has 0 aliphatic rings. The molecule has 3 N–H and O–H groups in total. The molecular weight excluding hydrogens is 330 g/mol. The van der Waals surface area contributed by atoms with Gasteiger partial charge in [-0.15, -0.1) is 0 Å². The number of carbonyl (C=O) groups excluding carboxylic acids is 1. The van der Waals surface area contributed by atoms with E-state index in [9.17, 15) is 13.2 Å². The van der Waals surface area contributed by atoms with Crippen molar-refractivity contribution >= 4 is 16.0 Å². The summed E-state index contributed by atoms with van der Waals surface area (Å²) in [5.41, 5.74) is 6.38. The highest BCUT2D eigenvalue weighted by Crippen LogP contribution is 2.15. The Morgan fingerprint density at radius 1 is 1.12 bits per heavy atom. The zero-order chi connectivity index (χ0) is 18.2. The summed E-state index contributed by atoms with van der Waals surface area (Å²) in [6.45, 7) is 3.28. The van der Waals surface area contributed by atoms with Gasteiger partial charge < -0.3 is 10.8 Å². The van der Waals surface area contributed by atoms with Gasteiger partial charge in [-0.3, -0.25) is 8.98 Å². The molecule has 7 heteroatoms. The predicted octanol–water partition coefficient (Wildman–Crippen LogP) is 1.75. The number of benzene rings is 2. The Hall–Kier alpha value is -2.22.